The molecule has 3 heterocycles. The second-order valence-electron chi connectivity index (χ2n) is 7.11. The summed E-state index contributed by atoms with van der Waals surface area (Å²) >= 11 is 1.47. The normalized spacial score (nSPS) is 16.4. The van der Waals surface area contributed by atoms with Crippen LogP contribution in [0, 0.1) is 6.92 Å². The van der Waals surface area contributed by atoms with Crippen LogP contribution in [0.5, 0.6) is 0 Å². The zero-order valence-electron chi connectivity index (χ0n) is 15.6. The zero-order valence-corrected chi connectivity index (χ0v) is 16.4. The highest BCUT2D eigenvalue weighted by Gasteiger charge is 2.41. The number of amides is 1. The Balaban J connectivity index is 1.61. The molecule has 2 N–H and O–H groups in total. The second-order valence-corrected chi connectivity index (χ2v) is 8.00. The molecule has 3 aromatic rings. The molecular weight excluding hydrogens is 358 g/mol. The number of hydrogen-bond donors (Lipinski definition) is 1. The Labute approximate surface area is 162 Å². The summed E-state index contributed by atoms with van der Waals surface area (Å²) < 4.78 is 1.74. The molecule has 0 bridgehead atoms. The van der Waals surface area contributed by atoms with Crippen LogP contribution in [0.15, 0.2) is 41.8 Å². The van der Waals surface area contributed by atoms with Gasteiger partial charge in [-0.05, 0) is 31.4 Å². The topological polar surface area (TPSA) is 77.0 Å². The van der Waals surface area contributed by atoms with Crippen molar-refractivity contribution >= 4 is 22.4 Å². The molecule has 1 aliphatic rings. The monoisotopic (exact) mass is 381 g/mol. The van der Waals surface area contributed by atoms with E-state index < -0.39 is 0 Å². The number of nitrogens with zero attached hydrogens (tertiary/aromatic N) is 4. The maximum atomic E-state index is 12.9. The highest BCUT2D eigenvalue weighted by atomic mass is 32.1. The van der Waals surface area contributed by atoms with Gasteiger partial charge in [-0.3, -0.25) is 9.48 Å². The molecule has 27 heavy (non-hydrogen) atoms. The minimum Gasteiger partial charge on any atom is -0.375 e. The van der Waals surface area contributed by atoms with Gasteiger partial charge in [0.25, 0.3) is 5.91 Å². The van der Waals surface area contributed by atoms with Crippen molar-refractivity contribution in [2.45, 2.75) is 25.2 Å². The number of hydrogen-bond acceptors (Lipinski definition) is 5. The number of piperidine rings is 1. The molecule has 1 aromatic carbocycles. The van der Waals surface area contributed by atoms with Crippen LogP contribution >= 0.6 is 11.3 Å². The molecule has 0 unspecified atom stereocenters. The van der Waals surface area contributed by atoms with Crippen molar-refractivity contribution in [3.63, 3.8) is 0 Å². The van der Waals surface area contributed by atoms with Gasteiger partial charge in [-0.25, -0.2) is 4.98 Å². The molecule has 0 atom stereocenters. The van der Waals surface area contributed by atoms with Crippen LogP contribution in [-0.2, 0) is 12.5 Å². The molecule has 0 saturated carbocycles. The molecule has 4 rings (SSSR count). The van der Waals surface area contributed by atoms with E-state index in [2.05, 4.69) is 39.7 Å². The Hall–Kier alpha value is -2.67. The minimum absolute atomic E-state index is 0.00171. The number of thiazole rings is 1. The van der Waals surface area contributed by atoms with E-state index in [1.54, 1.807) is 4.68 Å². The average molecular weight is 382 g/mol. The van der Waals surface area contributed by atoms with Crippen molar-refractivity contribution in [3.8, 4) is 0 Å². The van der Waals surface area contributed by atoms with Gasteiger partial charge in [0.15, 0.2) is 10.8 Å². The maximum absolute atomic E-state index is 12.9. The summed E-state index contributed by atoms with van der Waals surface area (Å²) in [6.07, 6.45) is 1.63. The standard InChI is InChI=1S/C20H23N5OS/c1-14-12-16(23-24(14)2)18(26)25-10-8-20(9-11-25,15-6-4-3-5-7-15)17-13-27-19(21)22-17/h3-7,12-13H,8-11H2,1-2H3,(H2,21,22). The summed E-state index contributed by atoms with van der Waals surface area (Å²) in [5.41, 5.74) is 9.46. The Morgan fingerprint density at radius 2 is 1.93 bits per heavy atom. The van der Waals surface area contributed by atoms with E-state index in [4.69, 9.17) is 5.73 Å². The smallest absolute Gasteiger partial charge is 0.274 e. The van der Waals surface area contributed by atoms with E-state index in [0.717, 1.165) is 24.2 Å². The average Bonchev–Trinajstić information content (AvgIpc) is 3.28. The molecule has 1 saturated heterocycles. The minimum atomic E-state index is -0.202. The first-order valence-electron chi connectivity index (χ1n) is 9.06. The summed E-state index contributed by atoms with van der Waals surface area (Å²) in [6.45, 7) is 3.29. The van der Waals surface area contributed by atoms with Crippen LogP contribution in [-0.4, -0.2) is 38.7 Å². The largest absolute Gasteiger partial charge is 0.375 e. The first kappa shape index (κ1) is 17.7. The summed E-state index contributed by atoms with van der Waals surface area (Å²) in [4.78, 5) is 19.4. The quantitative estimate of drug-likeness (QED) is 0.757. The van der Waals surface area contributed by atoms with Gasteiger partial charge in [0.05, 0.1) is 5.69 Å². The summed E-state index contributed by atoms with van der Waals surface area (Å²) in [5, 5.41) is 6.98. The van der Waals surface area contributed by atoms with Crippen molar-refractivity contribution in [3.05, 3.63) is 64.4 Å². The lowest BCUT2D eigenvalue weighted by molar-refractivity contribution is 0.0677. The van der Waals surface area contributed by atoms with E-state index in [1.165, 1.54) is 16.9 Å². The fourth-order valence-electron chi connectivity index (χ4n) is 3.88. The van der Waals surface area contributed by atoms with Crippen LogP contribution in [0.1, 0.15) is 40.3 Å². The number of anilines is 1. The van der Waals surface area contributed by atoms with Crippen molar-refractivity contribution in [1.29, 1.82) is 0 Å². The molecule has 2 aromatic heterocycles. The zero-order chi connectivity index (χ0) is 19.0. The first-order valence-corrected chi connectivity index (χ1v) is 9.94. The van der Waals surface area contributed by atoms with E-state index in [1.807, 2.05) is 31.0 Å². The maximum Gasteiger partial charge on any atom is 0.274 e. The summed E-state index contributed by atoms with van der Waals surface area (Å²) in [5.74, 6) is -0.00171. The Morgan fingerprint density at radius 1 is 1.22 bits per heavy atom. The SMILES string of the molecule is Cc1cc(C(=O)N2CCC(c3ccccc3)(c3csc(N)n3)CC2)nn1C. The lowest BCUT2D eigenvalue weighted by Gasteiger charge is -2.41. The third kappa shape index (κ3) is 3.12. The number of benzene rings is 1. The molecule has 6 nitrogen and oxygen atoms in total. The Morgan fingerprint density at radius 3 is 2.48 bits per heavy atom. The highest BCUT2D eigenvalue weighted by molar-refractivity contribution is 7.13. The molecule has 1 aliphatic heterocycles. The van der Waals surface area contributed by atoms with Gasteiger partial charge in [-0.15, -0.1) is 11.3 Å². The van der Waals surface area contributed by atoms with Crippen LogP contribution in [0.2, 0.25) is 0 Å². The Bertz CT molecular complexity index is 934. The molecule has 0 radical (unpaired) electrons. The lowest BCUT2D eigenvalue weighted by atomic mass is 9.70. The van der Waals surface area contributed by atoms with Crippen molar-refractivity contribution in [1.82, 2.24) is 19.7 Å². The van der Waals surface area contributed by atoms with Gasteiger partial charge in [-0.2, -0.15) is 5.10 Å². The molecular formula is C20H23N5OS. The molecule has 7 heteroatoms. The highest BCUT2D eigenvalue weighted by Crippen LogP contribution is 2.42. The number of carbonyl (C=O) groups is 1. The van der Waals surface area contributed by atoms with Gasteiger partial charge in [-0.1, -0.05) is 30.3 Å². The van der Waals surface area contributed by atoms with Gasteiger partial charge in [0, 0.05) is 36.6 Å². The Kier molecular flexibility index (Phi) is 4.47. The van der Waals surface area contributed by atoms with Crippen molar-refractivity contribution < 1.29 is 4.79 Å². The van der Waals surface area contributed by atoms with E-state index in [9.17, 15) is 4.79 Å². The molecule has 0 spiro atoms. The lowest BCUT2D eigenvalue weighted by Crippen LogP contribution is -2.46. The predicted octanol–water partition coefficient (Wildman–Crippen LogP) is 2.99. The van der Waals surface area contributed by atoms with Gasteiger partial charge >= 0.3 is 0 Å². The van der Waals surface area contributed by atoms with Crippen LogP contribution in [0.3, 0.4) is 0 Å². The molecule has 0 aliphatic carbocycles. The number of carbonyl (C=O) groups excluding carboxylic acids is 1. The predicted molar refractivity (Wildman–Crippen MR) is 107 cm³/mol. The fraction of sp³-hybridized carbons (Fsp3) is 0.350. The van der Waals surface area contributed by atoms with Crippen LogP contribution in [0.4, 0.5) is 5.13 Å². The molecule has 1 amide bonds. The van der Waals surface area contributed by atoms with Gasteiger partial charge in [0.1, 0.15) is 0 Å². The number of aromatic nitrogens is 3. The van der Waals surface area contributed by atoms with E-state index in [0.29, 0.717) is 23.9 Å². The van der Waals surface area contributed by atoms with Gasteiger partial charge < -0.3 is 10.6 Å². The second kappa shape index (κ2) is 6.81. The number of nitrogen functional groups attached to an aromatic ring is 1. The van der Waals surface area contributed by atoms with Gasteiger partial charge in [0.2, 0.25) is 0 Å². The summed E-state index contributed by atoms with van der Waals surface area (Å²) in [7, 11) is 1.86. The molecule has 1 fully saturated rings. The third-order valence-corrected chi connectivity index (χ3v) is 6.25. The third-order valence-electron chi connectivity index (χ3n) is 5.58. The van der Waals surface area contributed by atoms with E-state index in [-0.39, 0.29) is 11.3 Å². The first-order chi connectivity index (χ1) is 13.0. The fourth-order valence-corrected chi connectivity index (χ4v) is 4.54. The molecule has 140 valence electrons. The number of aryl methyl sites for hydroxylation is 2. The van der Waals surface area contributed by atoms with Crippen molar-refractivity contribution in [2.24, 2.45) is 7.05 Å². The number of rotatable bonds is 3. The van der Waals surface area contributed by atoms with Crippen LogP contribution < -0.4 is 5.73 Å². The summed E-state index contributed by atoms with van der Waals surface area (Å²) in [6, 6.07) is 12.3. The number of likely N-dealkylation sites (tertiary alicyclic amines) is 1. The number of nitrogens with two attached hydrogens (primary N) is 1. The van der Waals surface area contributed by atoms with Crippen LogP contribution in [0.25, 0.3) is 0 Å². The van der Waals surface area contributed by atoms with E-state index >= 15 is 0 Å². The van der Waals surface area contributed by atoms with Crippen molar-refractivity contribution in [2.75, 3.05) is 18.8 Å².